The Labute approximate surface area is 129 Å². The van der Waals surface area contributed by atoms with Crippen LogP contribution in [-0.2, 0) is 6.54 Å². The number of aliphatic hydroxyl groups is 1. The van der Waals surface area contributed by atoms with Gasteiger partial charge in [0, 0.05) is 18.5 Å². The molecule has 1 aromatic carbocycles. The third kappa shape index (κ3) is 2.88. The summed E-state index contributed by atoms with van der Waals surface area (Å²) in [7, 11) is 0. The van der Waals surface area contributed by atoms with Crippen LogP contribution in [0.4, 0.5) is 4.39 Å². The molecule has 0 spiro atoms. The fraction of sp³-hybridized carbons (Fsp3) is 0.588. The fourth-order valence-electron chi connectivity index (χ4n) is 3.12. The first-order chi connectivity index (χ1) is 10.4. The Kier molecular flexibility index (Phi) is 3.95. The summed E-state index contributed by atoms with van der Waals surface area (Å²) < 4.78 is 19.6. The normalized spacial score (nSPS) is 25.5. The summed E-state index contributed by atoms with van der Waals surface area (Å²) in [6.07, 6.45) is 2.76. The lowest BCUT2D eigenvalue weighted by atomic mass is 10.0. The number of nitrogens with zero attached hydrogens (tertiary/aromatic N) is 1. The minimum atomic E-state index is -0.679. The molecule has 1 fully saturated rings. The zero-order valence-corrected chi connectivity index (χ0v) is 13.3. The van der Waals surface area contributed by atoms with Gasteiger partial charge in [-0.05, 0) is 43.9 Å². The number of nitrogens with one attached hydrogen (secondary N) is 1. The second kappa shape index (κ2) is 5.63. The van der Waals surface area contributed by atoms with E-state index < -0.39 is 5.60 Å². The van der Waals surface area contributed by atoms with Gasteiger partial charge < -0.3 is 14.8 Å². The van der Waals surface area contributed by atoms with Gasteiger partial charge in [0.25, 0.3) is 0 Å². The molecule has 2 unspecified atom stereocenters. The Morgan fingerprint density at radius 2 is 2.27 bits per heavy atom. The summed E-state index contributed by atoms with van der Waals surface area (Å²) in [6.45, 7) is 6.30. The number of halogens is 1. The molecule has 1 aliphatic rings. The van der Waals surface area contributed by atoms with Crippen molar-refractivity contribution in [3.63, 3.8) is 0 Å². The molecule has 22 heavy (non-hydrogen) atoms. The molecule has 2 aromatic rings. The average molecular weight is 306 g/mol. The van der Waals surface area contributed by atoms with Gasteiger partial charge in [-0.2, -0.15) is 0 Å². The van der Waals surface area contributed by atoms with Crippen LogP contribution in [0.3, 0.4) is 0 Å². The van der Waals surface area contributed by atoms with Crippen LogP contribution >= 0.6 is 0 Å². The quantitative estimate of drug-likeness (QED) is 0.908. The van der Waals surface area contributed by atoms with Gasteiger partial charge in [-0.15, -0.1) is 0 Å². The molecule has 120 valence electrons. The molecule has 2 N–H and O–H groups in total. The van der Waals surface area contributed by atoms with Crippen molar-refractivity contribution >= 4 is 11.1 Å². The van der Waals surface area contributed by atoms with Gasteiger partial charge in [0.15, 0.2) is 17.3 Å². The molecule has 3 rings (SSSR count). The summed E-state index contributed by atoms with van der Waals surface area (Å²) in [5.74, 6) is 0.298. The summed E-state index contributed by atoms with van der Waals surface area (Å²) in [5.41, 5.74) is 0.914. The highest BCUT2D eigenvalue weighted by molar-refractivity contribution is 5.74. The minimum absolute atomic E-state index is 0.0507. The lowest BCUT2D eigenvalue weighted by Gasteiger charge is -2.26. The Balaban J connectivity index is 1.79. The van der Waals surface area contributed by atoms with Crippen LogP contribution in [0.15, 0.2) is 16.5 Å². The molecule has 1 aliphatic carbocycles. The SMILES string of the molecule is CC(C)c1nc2cc(CNC3CCCC3(C)O)cc(F)c2o1. The van der Waals surface area contributed by atoms with Crippen molar-refractivity contribution in [2.24, 2.45) is 0 Å². The fourth-order valence-corrected chi connectivity index (χ4v) is 3.12. The van der Waals surface area contributed by atoms with E-state index >= 15 is 0 Å². The van der Waals surface area contributed by atoms with E-state index in [1.54, 1.807) is 0 Å². The first-order valence-electron chi connectivity index (χ1n) is 7.91. The number of oxazole rings is 1. The van der Waals surface area contributed by atoms with Crippen molar-refractivity contribution in [3.8, 4) is 0 Å². The van der Waals surface area contributed by atoms with Crippen LogP contribution in [0.25, 0.3) is 11.1 Å². The summed E-state index contributed by atoms with van der Waals surface area (Å²) >= 11 is 0. The molecular formula is C17H23FN2O2. The third-order valence-electron chi connectivity index (χ3n) is 4.49. The maximum atomic E-state index is 14.2. The summed E-state index contributed by atoms with van der Waals surface area (Å²) in [6, 6.07) is 3.38. The smallest absolute Gasteiger partial charge is 0.198 e. The Morgan fingerprint density at radius 3 is 2.91 bits per heavy atom. The molecule has 4 nitrogen and oxygen atoms in total. The zero-order chi connectivity index (χ0) is 15.9. The topological polar surface area (TPSA) is 58.3 Å². The van der Waals surface area contributed by atoms with Gasteiger partial charge >= 0.3 is 0 Å². The predicted octanol–water partition coefficient (Wildman–Crippen LogP) is 3.48. The molecule has 0 saturated heterocycles. The Bertz CT molecular complexity index is 679. The lowest BCUT2D eigenvalue weighted by Crippen LogP contribution is -2.44. The second-order valence-electron chi connectivity index (χ2n) is 6.82. The zero-order valence-electron chi connectivity index (χ0n) is 13.3. The van der Waals surface area contributed by atoms with Gasteiger partial charge in [0.2, 0.25) is 0 Å². The van der Waals surface area contributed by atoms with Crippen LogP contribution in [0.2, 0.25) is 0 Å². The van der Waals surface area contributed by atoms with E-state index in [2.05, 4.69) is 10.3 Å². The van der Waals surface area contributed by atoms with Crippen molar-refractivity contribution in [2.75, 3.05) is 0 Å². The van der Waals surface area contributed by atoms with Crippen LogP contribution in [-0.4, -0.2) is 21.7 Å². The molecular weight excluding hydrogens is 283 g/mol. The summed E-state index contributed by atoms with van der Waals surface area (Å²) in [4.78, 5) is 4.36. The first-order valence-corrected chi connectivity index (χ1v) is 7.91. The molecule has 2 atom stereocenters. The maximum absolute atomic E-state index is 14.2. The van der Waals surface area contributed by atoms with E-state index in [1.807, 2.05) is 26.8 Å². The second-order valence-corrected chi connectivity index (χ2v) is 6.82. The minimum Gasteiger partial charge on any atom is -0.437 e. The lowest BCUT2D eigenvalue weighted by molar-refractivity contribution is 0.0387. The number of hydrogen-bond donors (Lipinski definition) is 2. The number of benzene rings is 1. The van der Waals surface area contributed by atoms with Crippen LogP contribution in [0, 0.1) is 5.82 Å². The van der Waals surface area contributed by atoms with Gasteiger partial charge in [-0.3, -0.25) is 0 Å². The molecule has 1 aromatic heterocycles. The van der Waals surface area contributed by atoms with E-state index in [9.17, 15) is 9.50 Å². The predicted molar refractivity (Wildman–Crippen MR) is 83.2 cm³/mol. The van der Waals surface area contributed by atoms with E-state index in [1.165, 1.54) is 6.07 Å². The molecule has 1 saturated carbocycles. The number of aromatic nitrogens is 1. The molecule has 0 aliphatic heterocycles. The largest absolute Gasteiger partial charge is 0.437 e. The van der Waals surface area contributed by atoms with Crippen LogP contribution in [0.1, 0.15) is 57.4 Å². The van der Waals surface area contributed by atoms with Crippen molar-refractivity contribution in [1.82, 2.24) is 10.3 Å². The van der Waals surface area contributed by atoms with Gasteiger partial charge in [-0.25, -0.2) is 9.37 Å². The van der Waals surface area contributed by atoms with Crippen LogP contribution in [0.5, 0.6) is 0 Å². The van der Waals surface area contributed by atoms with Crippen molar-refractivity contribution < 1.29 is 13.9 Å². The van der Waals surface area contributed by atoms with Gasteiger partial charge in [-0.1, -0.05) is 13.8 Å². The average Bonchev–Trinajstić information content (AvgIpc) is 3.00. The van der Waals surface area contributed by atoms with E-state index in [4.69, 9.17) is 4.42 Å². The highest BCUT2D eigenvalue weighted by Crippen LogP contribution is 2.30. The number of hydrogen-bond acceptors (Lipinski definition) is 4. The third-order valence-corrected chi connectivity index (χ3v) is 4.49. The highest BCUT2D eigenvalue weighted by Gasteiger charge is 2.36. The summed E-state index contributed by atoms with van der Waals surface area (Å²) in [5, 5.41) is 13.6. The Morgan fingerprint density at radius 1 is 1.50 bits per heavy atom. The van der Waals surface area contributed by atoms with Crippen LogP contribution < -0.4 is 5.32 Å². The number of rotatable bonds is 4. The van der Waals surface area contributed by atoms with Crippen molar-refractivity contribution in [2.45, 2.75) is 64.1 Å². The molecule has 1 heterocycles. The van der Waals surface area contributed by atoms with E-state index in [0.29, 0.717) is 18.0 Å². The Hall–Kier alpha value is -1.46. The molecule has 0 bridgehead atoms. The molecule has 0 radical (unpaired) electrons. The maximum Gasteiger partial charge on any atom is 0.198 e. The highest BCUT2D eigenvalue weighted by atomic mass is 19.1. The van der Waals surface area contributed by atoms with Crippen molar-refractivity contribution in [3.05, 3.63) is 29.4 Å². The van der Waals surface area contributed by atoms with E-state index in [-0.39, 0.29) is 23.4 Å². The van der Waals surface area contributed by atoms with E-state index in [0.717, 1.165) is 24.8 Å². The van der Waals surface area contributed by atoms with Gasteiger partial charge in [0.1, 0.15) is 5.52 Å². The monoisotopic (exact) mass is 306 g/mol. The van der Waals surface area contributed by atoms with Crippen molar-refractivity contribution in [1.29, 1.82) is 0 Å². The standard InChI is InChI=1S/C17H23FN2O2/c1-10(2)16-20-13-8-11(7-12(18)15(13)22-16)9-19-14-5-4-6-17(14,3)21/h7-8,10,14,19,21H,4-6,9H2,1-3H3. The first kappa shape index (κ1) is 15.4. The molecule has 0 amide bonds. The molecule has 5 heteroatoms. The number of fused-ring (bicyclic) bond motifs is 1. The van der Waals surface area contributed by atoms with Gasteiger partial charge in [0.05, 0.1) is 5.60 Å².